The monoisotopic (exact) mass is 345 g/mol. The van der Waals surface area contributed by atoms with Crippen LogP contribution in [0.3, 0.4) is 0 Å². The molecule has 0 spiro atoms. The molecule has 0 N–H and O–H groups in total. The summed E-state index contributed by atoms with van der Waals surface area (Å²) in [6.45, 7) is 9.18. The Morgan fingerprint density at radius 2 is 1.81 bits per heavy atom. The Morgan fingerprint density at radius 3 is 2.58 bits per heavy atom. The minimum atomic E-state index is 0.216. The van der Waals surface area contributed by atoms with Crippen LogP contribution in [0, 0.1) is 13.8 Å². The normalized spacial score (nSPS) is 11.6. The molecule has 4 nitrogen and oxygen atoms in total. The number of benzene rings is 2. The van der Waals surface area contributed by atoms with Crippen molar-refractivity contribution in [1.82, 2.24) is 14.8 Å². The summed E-state index contributed by atoms with van der Waals surface area (Å²) in [5, 5.41) is 9.70. The number of aryl methyl sites for hydroxylation is 2. The number of rotatable bonds is 4. The molecule has 4 heteroatoms. The van der Waals surface area contributed by atoms with Crippen LogP contribution >= 0.6 is 0 Å². The molecule has 0 atom stereocenters. The van der Waals surface area contributed by atoms with Crippen molar-refractivity contribution in [3.8, 4) is 11.6 Å². The van der Waals surface area contributed by atoms with Gasteiger partial charge in [0, 0.05) is 23.4 Å². The van der Waals surface area contributed by atoms with E-state index in [2.05, 4.69) is 91.0 Å². The number of hydrogen-bond donors (Lipinski definition) is 0. The lowest BCUT2D eigenvalue weighted by atomic mass is 10.1. The Morgan fingerprint density at radius 1 is 1.00 bits per heavy atom. The van der Waals surface area contributed by atoms with Gasteiger partial charge in [-0.15, -0.1) is 10.2 Å². The van der Waals surface area contributed by atoms with Crippen LogP contribution in [0.15, 0.2) is 52.9 Å². The molecule has 2 aromatic carbocycles. The van der Waals surface area contributed by atoms with Gasteiger partial charge in [-0.05, 0) is 37.1 Å². The van der Waals surface area contributed by atoms with E-state index in [9.17, 15) is 0 Å². The van der Waals surface area contributed by atoms with Crippen molar-refractivity contribution < 1.29 is 4.42 Å². The lowest BCUT2D eigenvalue weighted by Gasteiger charge is -2.12. The maximum atomic E-state index is 5.95. The Balaban J connectivity index is 1.87. The van der Waals surface area contributed by atoms with Gasteiger partial charge in [0.25, 0.3) is 5.89 Å². The SMILES string of the molecule is Cc1ccc(C)c(Cn2c(-c3nnc(C(C)C)o3)cc3ccccc32)c1. The van der Waals surface area contributed by atoms with Crippen LogP contribution in [0.2, 0.25) is 0 Å². The topological polar surface area (TPSA) is 43.9 Å². The van der Waals surface area contributed by atoms with E-state index in [1.165, 1.54) is 27.6 Å². The number of para-hydroxylation sites is 1. The highest BCUT2D eigenvalue weighted by Crippen LogP contribution is 2.30. The minimum absolute atomic E-state index is 0.216. The van der Waals surface area contributed by atoms with Crippen LogP contribution in [0.25, 0.3) is 22.5 Å². The predicted molar refractivity (Wildman–Crippen MR) is 104 cm³/mol. The van der Waals surface area contributed by atoms with Crippen LogP contribution in [0.1, 0.15) is 42.3 Å². The highest BCUT2D eigenvalue weighted by atomic mass is 16.4. The first-order valence-corrected chi connectivity index (χ1v) is 9.01. The van der Waals surface area contributed by atoms with Crippen molar-refractivity contribution in [2.24, 2.45) is 0 Å². The van der Waals surface area contributed by atoms with Gasteiger partial charge in [-0.3, -0.25) is 0 Å². The van der Waals surface area contributed by atoms with Crippen LogP contribution in [-0.4, -0.2) is 14.8 Å². The molecule has 0 amide bonds. The van der Waals surface area contributed by atoms with Crippen molar-refractivity contribution in [3.63, 3.8) is 0 Å². The van der Waals surface area contributed by atoms with E-state index in [0.29, 0.717) is 11.8 Å². The number of nitrogens with zero attached hydrogens (tertiary/aromatic N) is 3. The highest BCUT2D eigenvalue weighted by molar-refractivity contribution is 5.85. The average molecular weight is 345 g/mol. The zero-order chi connectivity index (χ0) is 18.3. The molecule has 2 heterocycles. The number of fused-ring (bicyclic) bond motifs is 1. The fraction of sp³-hybridized carbons (Fsp3) is 0.273. The smallest absolute Gasteiger partial charge is 0.264 e. The third-order valence-corrected chi connectivity index (χ3v) is 4.80. The van der Waals surface area contributed by atoms with E-state index in [4.69, 9.17) is 4.42 Å². The van der Waals surface area contributed by atoms with E-state index in [1.807, 2.05) is 0 Å². The van der Waals surface area contributed by atoms with Gasteiger partial charge in [-0.2, -0.15) is 0 Å². The Hall–Kier alpha value is -2.88. The summed E-state index contributed by atoms with van der Waals surface area (Å²) in [7, 11) is 0. The molecule has 4 rings (SSSR count). The molecule has 4 aromatic rings. The second-order valence-electron chi connectivity index (χ2n) is 7.20. The van der Waals surface area contributed by atoms with E-state index in [1.54, 1.807) is 0 Å². The Labute approximate surface area is 153 Å². The van der Waals surface area contributed by atoms with Gasteiger partial charge < -0.3 is 8.98 Å². The van der Waals surface area contributed by atoms with E-state index in [0.717, 1.165) is 12.2 Å². The molecule has 0 unspecified atom stereocenters. The zero-order valence-corrected chi connectivity index (χ0v) is 15.7. The van der Waals surface area contributed by atoms with Crippen molar-refractivity contribution in [1.29, 1.82) is 0 Å². The minimum Gasteiger partial charge on any atom is -0.419 e. The molecule has 26 heavy (non-hydrogen) atoms. The summed E-state index contributed by atoms with van der Waals surface area (Å²) >= 11 is 0. The summed E-state index contributed by atoms with van der Waals surface area (Å²) in [5.41, 5.74) is 5.99. The molecule has 2 aromatic heterocycles. The molecular formula is C22H23N3O. The highest BCUT2D eigenvalue weighted by Gasteiger charge is 2.18. The Bertz CT molecular complexity index is 1070. The maximum absolute atomic E-state index is 5.95. The molecule has 0 aliphatic carbocycles. The first kappa shape index (κ1) is 16.6. The summed E-state index contributed by atoms with van der Waals surface area (Å²) in [5.74, 6) is 1.46. The van der Waals surface area contributed by atoms with Crippen molar-refractivity contribution >= 4 is 10.9 Å². The number of aromatic nitrogens is 3. The van der Waals surface area contributed by atoms with Gasteiger partial charge >= 0.3 is 0 Å². The summed E-state index contributed by atoms with van der Waals surface area (Å²) in [4.78, 5) is 0. The lowest BCUT2D eigenvalue weighted by molar-refractivity contribution is 0.478. The molecule has 132 valence electrons. The van der Waals surface area contributed by atoms with Gasteiger partial charge in [-0.1, -0.05) is 55.8 Å². The molecule has 0 fully saturated rings. The van der Waals surface area contributed by atoms with Crippen molar-refractivity contribution in [3.05, 3.63) is 71.1 Å². The largest absolute Gasteiger partial charge is 0.419 e. The standard InChI is InChI=1S/C22H23N3O/c1-14(2)21-23-24-22(26-21)20-12-17-7-5-6-8-19(17)25(20)13-18-11-15(3)9-10-16(18)4/h5-12,14H,13H2,1-4H3. The van der Waals surface area contributed by atoms with Crippen LogP contribution in [-0.2, 0) is 6.54 Å². The molecule has 0 aliphatic rings. The predicted octanol–water partition coefficient (Wildman–Crippen LogP) is 5.48. The van der Waals surface area contributed by atoms with Gasteiger partial charge in [0.15, 0.2) is 0 Å². The van der Waals surface area contributed by atoms with E-state index < -0.39 is 0 Å². The van der Waals surface area contributed by atoms with Crippen molar-refractivity contribution in [2.45, 2.75) is 40.2 Å². The van der Waals surface area contributed by atoms with Crippen LogP contribution in [0.4, 0.5) is 0 Å². The van der Waals surface area contributed by atoms with Gasteiger partial charge in [0.05, 0.1) is 0 Å². The second kappa shape index (κ2) is 6.45. The summed E-state index contributed by atoms with van der Waals surface area (Å²) in [6, 6.07) is 17.1. The third-order valence-electron chi connectivity index (χ3n) is 4.80. The Kier molecular flexibility index (Phi) is 4.11. The molecular weight excluding hydrogens is 322 g/mol. The maximum Gasteiger partial charge on any atom is 0.264 e. The summed E-state index contributed by atoms with van der Waals surface area (Å²) < 4.78 is 8.22. The second-order valence-corrected chi connectivity index (χ2v) is 7.20. The fourth-order valence-corrected chi connectivity index (χ4v) is 3.27. The zero-order valence-electron chi connectivity index (χ0n) is 15.7. The van der Waals surface area contributed by atoms with Crippen LogP contribution < -0.4 is 0 Å². The molecule has 0 radical (unpaired) electrons. The van der Waals surface area contributed by atoms with E-state index in [-0.39, 0.29) is 5.92 Å². The van der Waals surface area contributed by atoms with Gasteiger partial charge in [0.2, 0.25) is 5.89 Å². The first-order chi connectivity index (χ1) is 12.5. The molecule has 0 aliphatic heterocycles. The number of hydrogen-bond acceptors (Lipinski definition) is 3. The van der Waals surface area contributed by atoms with Gasteiger partial charge in [-0.25, -0.2) is 0 Å². The third kappa shape index (κ3) is 2.92. The summed E-state index contributed by atoms with van der Waals surface area (Å²) in [6.07, 6.45) is 0. The molecule has 0 bridgehead atoms. The average Bonchev–Trinajstić information content (AvgIpc) is 3.23. The lowest BCUT2D eigenvalue weighted by Crippen LogP contribution is -2.04. The van der Waals surface area contributed by atoms with E-state index >= 15 is 0 Å². The first-order valence-electron chi connectivity index (χ1n) is 9.01. The molecule has 0 saturated heterocycles. The fourth-order valence-electron chi connectivity index (χ4n) is 3.27. The van der Waals surface area contributed by atoms with Crippen molar-refractivity contribution in [2.75, 3.05) is 0 Å². The quantitative estimate of drug-likeness (QED) is 0.492. The van der Waals surface area contributed by atoms with Crippen LogP contribution in [0.5, 0.6) is 0 Å². The molecule has 0 saturated carbocycles. The van der Waals surface area contributed by atoms with Gasteiger partial charge in [0.1, 0.15) is 5.69 Å².